The van der Waals surface area contributed by atoms with Gasteiger partial charge in [0.2, 0.25) is 0 Å². The van der Waals surface area contributed by atoms with E-state index in [0.29, 0.717) is 24.2 Å². The molecule has 0 aliphatic heterocycles. The van der Waals surface area contributed by atoms with Crippen molar-refractivity contribution in [1.82, 2.24) is 0 Å². The second-order valence-electron chi connectivity index (χ2n) is 6.61. The number of benzene rings is 1. The maximum absolute atomic E-state index is 11.2. The summed E-state index contributed by atoms with van der Waals surface area (Å²) in [6.07, 6.45) is 3.92. The van der Waals surface area contributed by atoms with Crippen LogP contribution in [0.4, 0.5) is 0 Å². The van der Waals surface area contributed by atoms with Gasteiger partial charge in [0.25, 0.3) is 0 Å². The molecule has 1 aromatic rings. The van der Waals surface area contributed by atoms with Crippen LogP contribution >= 0.6 is 11.6 Å². The highest BCUT2D eigenvalue weighted by Gasteiger charge is 2.42. The molecule has 1 aliphatic rings. The molecule has 1 aliphatic carbocycles. The highest BCUT2D eigenvalue weighted by Crippen LogP contribution is 2.43. The summed E-state index contributed by atoms with van der Waals surface area (Å²) in [6, 6.07) is 7.90. The number of aliphatic hydroxyl groups is 1. The van der Waals surface area contributed by atoms with E-state index in [0.717, 1.165) is 23.4 Å². The van der Waals surface area contributed by atoms with E-state index in [-0.39, 0.29) is 0 Å². The molecule has 1 fully saturated rings. The molecule has 0 saturated heterocycles. The van der Waals surface area contributed by atoms with E-state index in [1.165, 1.54) is 6.42 Å². The molecule has 3 atom stereocenters. The first-order chi connectivity index (χ1) is 8.92. The topological polar surface area (TPSA) is 20.2 Å². The summed E-state index contributed by atoms with van der Waals surface area (Å²) >= 11 is 6.26. The Kier molecular flexibility index (Phi) is 4.58. The summed E-state index contributed by atoms with van der Waals surface area (Å²) in [5.74, 6) is 1.49. The van der Waals surface area contributed by atoms with E-state index in [1.807, 2.05) is 24.3 Å². The molecule has 3 unspecified atom stereocenters. The van der Waals surface area contributed by atoms with Crippen molar-refractivity contribution in [2.24, 2.45) is 17.8 Å². The Labute approximate surface area is 122 Å². The van der Waals surface area contributed by atoms with E-state index >= 15 is 0 Å². The number of hydrogen-bond acceptors (Lipinski definition) is 1. The van der Waals surface area contributed by atoms with Gasteiger partial charge >= 0.3 is 0 Å². The van der Waals surface area contributed by atoms with E-state index in [9.17, 15) is 5.11 Å². The molecule has 0 amide bonds. The molecule has 1 N–H and O–H groups in total. The fourth-order valence-electron chi connectivity index (χ4n) is 3.72. The van der Waals surface area contributed by atoms with Gasteiger partial charge in [-0.25, -0.2) is 0 Å². The number of halogens is 1. The van der Waals surface area contributed by atoms with Gasteiger partial charge in [-0.05, 0) is 42.2 Å². The molecule has 1 aromatic carbocycles. The van der Waals surface area contributed by atoms with E-state index in [2.05, 4.69) is 20.8 Å². The van der Waals surface area contributed by atoms with Crippen LogP contribution in [0.3, 0.4) is 0 Å². The Bertz CT molecular complexity index is 429. The predicted octanol–water partition coefficient (Wildman–Crippen LogP) is 4.71. The van der Waals surface area contributed by atoms with Crippen LogP contribution in [0.25, 0.3) is 0 Å². The zero-order valence-corrected chi connectivity index (χ0v) is 13.0. The van der Waals surface area contributed by atoms with Crippen LogP contribution in [-0.4, -0.2) is 10.7 Å². The minimum absolute atomic E-state index is 0.375. The summed E-state index contributed by atoms with van der Waals surface area (Å²) in [5.41, 5.74) is 0.475. The van der Waals surface area contributed by atoms with Crippen molar-refractivity contribution in [2.45, 2.75) is 52.1 Å². The normalized spacial score (nSPS) is 31.7. The smallest absolute Gasteiger partial charge is 0.0721 e. The lowest BCUT2D eigenvalue weighted by Gasteiger charge is -2.45. The molecule has 1 nitrogen and oxygen atoms in total. The van der Waals surface area contributed by atoms with Crippen molar-refractivity contribution < 1.29 is 5.11 Å². The lowest BCUT2D eigenvalue weighted by molar-refractivity contribution is -0.0794. The van der Waals surface area contributed by atoms with E-state index in [1.54, 1.807) is 0 Å². The van der Waals surface area contributed by atoms with Gasteiger partial charge in [0.15, 0.2) is 0 Å². The zero-order chi connectivity index (χ0) is 14.0. The molecule has 0 heterocycles. The first-order valence-electron chi connectivity index (χ1n) is 7.38. The minimum Gasteiger partial charge on any atom is -0.389 e. The molecule has 0 aromatic heterocycles. The molecule has 0 radical (unpaired) electrons. The van der Waals surface area contributed by atoms with Gasteiger partial charge in [-0.15, -0.1) is 0 Å². The molecule has 0 spiro atoms. The van der Waals surface area contributed by atoms with Crippen molar-refractivity contribution in [3.63, 3.8) is 0 Å². The first kappa shape index (κ1) is 14.9. The van der Waals surface area contributed by atoms with Gasteiger partial charge in [0, 0.05) is 11.4 Å². The molecule has 106 valence electrons. The monoisotopic (exact) mass is 280 g/mol. The van der Waals surface area contributed by atoms with Gasteiger partial charge in [-0.2, -0.15) is 0 Å². The summed E-state index contributed by atoms with van der Waals surface area (Å²) < 4.78 is 0. The molecule has 0 bridgehead atoms. The van der Waals surface area contributed by atoms with Crippen molar-refractivity contribution in [1.29, 1.82) is 0 Å². The predicted molar refractivity (Wildman–Crippen MR) is 81.4 cm³/mol. The average Bonchev–Trinajstić information content (AvgIpc) is 2.31. The van der Waals surface area contributed by atoms with Crippen LogP contribution in [0.15, 0.2) is 24.3 Å². The third-order valence-electron chi connectivity index (χ3n) is 4.62. The molecule has 19 heavy (non-hydrogen) atoms. The Morgan fingerprint density at radius 1 is 1.32 bits per heavy atom. The van der Waals surface area contributed by atoms with Crippen LogP contribution < -0.4 is 0 Å². The van der Waals surface area contributed by atoms with E-state index < -0.39 is 5.60 Å². The molecular weight excluding hydrogens is 256 g/mol. The van der Waals surface area contributed by atoms with Crippen molar-refractivity contribution in [3.8, 4) is 0 Å². The van der Waals surface area contributed by atoms with Crippen molar-refractivity contribution >= 4 is 11.6 Å². The second-order valence-corrected chi connectivity index (χ2v) is 7.02. The Balaban J connectivity index is 2.24. The van der Waals surface area contributed by atoms with Crippen LogP contribution in [0.2, 0.25) is 5.02 Å². The van der Waals surface area contributed by atoms with Crippen LogP contribution in [0.5, 0.6) is 0 Å². The fourth-order valence-corrected chi connectivity index (χ4v) is 3.92. The Morgan fingerprint density at radius 3 is 2.63 bits per heavy atom. The summed E-state index contributed by atoms with van der Waals surface area (Å²) in [5, 5.41) is 12.0. The largest absolute Gasteiger partial charge is 0.389 e. The Morgan fingerprint density at radius 2 is 2.00 bits per heavy atom. The first-order valence-corrected chi connectivity index (χ1v) is 7.76. The second kappa shape index (κ2) is 5.85. The molecular formula is C17H25ClO. The summed E-state index contributed by atoms with van der Waals surface area (Å²) in [7, 11) is 0. The van der Waals surface area contributed by atoms with Crippen LogP contribution in [0, 0.1) is 17.8 Å². The SMILES string of the molecule is CC1CCC(C(C)C)C(O)(Cc2ccccc2Cl)C1. The maximum Gasteiger partial charge on any atom is 0.0721 e. The standard InChI is InChI=1S/C17H25ClO/c1-12(2)15-9-8-13(3)10-17(15,19)11-14-6-4-5-7-16(14)18/h4-7,12-13,15,19H,8-11H2,1-3H3. The summed E-state index contributed by atoms with van der Waals surface area (Å²) in [6.45, 7) is 6.69. The highest BCUT2D eigenvalue weighted by molar-refractivity contribution is 6.31. The van der Waals surface area contributed by atoms with E-state index in [4.69, 9.17) is 11.6 Å². The number of hydrogen-bond donors (Lipinski definition) is 1. The Hall–Kier alpha value is -0.530. The van der Waals surface area contributed by atoms with Gasteiger partial charge < -0.3 is 5.11 Å². The third kappa shape index (κ3) is 3.32. The highest BCUT2D eigenvalue weighted by atomic mass is 35.5. The number of rotatable bonds is 3. The summed E-state index contributed by atoms with van der Waals surface area (Å²) in [4.78, 5) is 0. The lowest BCUT2D eigenvalue weighted by atomic mass is 9.65. The minimum atomic E-state index is -0.600. The van der Waals surface area contributed by atoms with Crippen LogP contribution in [-0.2, 0) is 6.42 Å². The quantitative estimate of drug-likeness (QED) is 0.850. The van der Waals surface area contributed by atoms with Gasteiger partial charge in [0.1, 0.15) is 0 Å². The van der Waals surface area contributed by atoms with Crippen molar-refractivity contribution in [2.75, 3.05) is 0 Å². The third-order valence-corrected chi connectivity index (χ3v) is 4.99. The zero-order valence-electron chi connectivity index (χ0n) is 12.2. The molecule has 2 heteroatoms. The lowest BCUT2D eigenvalue weighted by Crippen LogP contribution is -2.47. The molecule has 1 saturated carbocycles. The van der Waals surface area contributed by atoms with Crippen LogP contribution in [0.1, 0.15) is 45.6 Å². The van der Waals surface area contributed by atoms with Gasteiger partial charge in [-0.3, -0.25) is 0 Å². The van der Waals surface area contributed by atoms with Crippen molar-refractivity contribution in [3.05, 3.63) is 34.9 Å². The maximum atomic E-state index is 11.2. The van der Waals surface area contributed by atoms with Gasteiger partial charge in [0.05, 0.1) is 5.60 Å². The average molecular weight is 281 g/mol. The fraction of sp³-hybridized carbons (Fsp3) is 0.647. The molecule has 2 rings (SSSR count). The van der Waals surface area contributed by atoms with Gasteiger partial charge in [-0.1, -0.05) is 57.0 Å².